The number of thioether (sulfide) groups is 1. The van der Waals surface area contributed by atoms with Gasteiger partial charge in [0.25, 0.3) is 11.1 Å². The number of esters is 1. The summed E-state index contributed by atoms with van der Waals surface area (Å²) in [4.78, 5) is 50.8. The zero-order valence-electron chi connectivity index (χ0n) is 19.4. The standard InChI is InChI=1S/C27H22ClNO6S/c1-2-3-14-34-26(32)19-6-4-18(5-7-19)23-13-12-21(35-23)15-24-25(31)29(27(33)36-24)16-22(30)17-8-10-20(28)11-9-17/h4-13,15H,2-3,14,16H2,1H3/b24-15+. The van der Waals surface area contributed by atoms with E-state index in [1.807, 2.05) is 6.92 Å². The molecule has 2 amide bonds. The number of ether oxygens (including phenoxy) is 1. The SMILES string of the molecule is CCCCOC(=O)c1ccc(-c2ccc(/C=C3/SC(=O)N(CC(=O)c4ccc(Cl)cc4)C3=O)o2)cc1. The highest BCUT2D eigenvalue weighted by Gasteiger charge is 2.36. The van der Waals surface area contributed by atoms with Crippen molar-refractivity contribution in [2.45, 2.75) is 19.8 Å². The number of ketones is 1. The van der Waals surface area contributed by atoms with E-state index >= 15 is 0 Å². The van der Waals surface area contributed by atoms with Crippen molar-refractivity contribution in [1.29, 1.82) is 0 Å². The Morgan fingerprint density at radius 1 is 1.00 bits per heavy atom. The number of amides is 2. The predicted octanol–water partition coefficient (Wildman–Crippen LogP) is 6.48. The van der Waals surface area contributed by atoms with Crippen LogP contribution in [0.5, 0.6) is 0 Å². The smallest absolute Gasteiger partial charge is 0.338 e. The van der Waals surface area contributed by atoms with Crippen molar-refractivity contribution in [3.8, 4) is 11.3 Å². The number of Topliss-reactive ketones (excluding diaryl/α,β-unsaturated/α-hetero) is 1. The van der Waals surface area contributed by atoms with Gasteiger partial charge in [0.05, 0.1) is 23.6 Å². The minimum absolute atomic E-state index is 0.162. The number of benzene rings is 2. The summed E-state index contributed by atoms with van der Waals surface area (Å²) in [6.07, 6.45) is 3.24. The average Bonchev–Trinajstić information content (AvgIpc) is 3.45. The van der Waals surface area contributed by atoms with Gasteiger partial charge >= 0.3 is 5.97 Å². The summed E-state index contributed by atoms with van der Waals surface area (Å²) in [5.41, 5.74) is 1.54. The number of carbonyl (C=O) groups is 4. The van der Waals surface area contributed by atoms with Gasteiger partial charge in [0.2, 0.25) is 0 Å². The molecule has 3 aromatic rings. The van der Waals surface area contributed by atoms with Gasteiger partial charge in [0, 0.05) is 22.2 Å². The number of imide groups is 1. The van der Waals surface area contributed by atoms with Gasteiger partial charge < -0.3 is 9.15 Å². The molecule has 2 heterocycles. The van der Waals surface area contributed by atoms with Crippen LogP contribution in [0.3, 0.4) is 0 Å². The monoisotopic (exact) mass is 523 g/mol. The van der Waals surface area contributed by atoms with E-state index in [2.05, 4.69) is 0 Å². The first-order valence-electron chi connectivity index (χ1n) is 11.3. The largest absolute Gasteiger partial charge is 0.462 e. The molecule has 0 N–H and O–H groups in total. The number of halogens is 1. The average molecular weight is 524 g/mol. The molecule has 0 aliphatic carbocycles. The molecule has 0 bridgehead atoms. The molecule has 1 aliphatic heterocycles. The van der Waals surface area contributed by atoms with E-state index in [1.165, 1.54) is 6.08 Å². The zero-order chi connectivity index (χ0) is 25.7. The highest BCUT2D eigenvalue weighted by Crippen LogP contribution is 2.33. The molecule has 1 saturated heterocycles. The molecular formula is C27H22ClNO6S. The number of rotatable bonds is 9. The maximum atomic E-state index is 12.8. The number of unbranched alkanes of at least 4 members (excludes halogenated alkanes) is 1. The molecule has 36 heavy (non-hydrogen) atoms. The second-order valence-corrected chi connectivity index (χ2v) is 9.40. The van der Waals surface area contributed by atoms with Crippen LogP contribution in [-0.4, -0.2) is 41.0 Å². The van der Waals surface area contributed by atoms with Gasteiger partial charge in [-0.05, 0) is 66.7 Å². The topological polar surface area (TPSA) is 93.9 Å². The van der Waals surface area contributed by atoms with Gasteiger partial charge in [-0.25, -0.2) is 4.79 Å². The maximum Gasteiger partial charge on any atom is 0.338 e. The van der Waals surface area contributed by atoms with Crippen LogP contribution in [-0.2, 0) is 9.53 Å². The Morgan fingerprint density at radius 3 is 2.39 bits per heavy atom. The highest BCUT2D eigenvalue weighted by atomic mass is 35.5. The molecule has 0 saturated carbocycles. The van der Waals surface area contributed by atoms with Crippen LogP contribution in [0.2, 0.25) is 5.02 Å². The summed E-state index contributed by atoms with van der Waals surface area (Å²) >= 11 is 6.59. The van der Waals surface area contributed by atoms with Crippen LogP contribution in [0.25, 0.3) is 17.4 Å². The van der Waals surface area contributed by atoms with Gasteiger partial charge in [-0.15, -0.1) is 0 Å². The third-order valence-corrected chi connectivity index (χ3v) is 6.54. The molecule has 1 aliphatic rings. The van der Waals surface area contributed by atoms with E-state index in [1.54, 1.807) is 60.7 Å². The number of hydrogen-bond acceptors (Lipinski definition) is 7. The molecule has 2 aromatic carbocycles. The third-order valence-electron chi connectivity index (χ3n) is 5.38. The molecular weight excluding hydrogens is 502 g/mol. The Morgan fingerprint density at radius 2 is 1.69 bits per heavy atom. The summed E-state index contributed by atoms with van der Waals surface area (Å²) in [6, 6.07) is 16.5. The summed E-state index contributed by atoms with van der Waals surface area (Å²) in [7, 11) is 0. The fraction of sp³-hybridized carbons (Fsp3) is 0.185. The van der Waals surface area contributed by atoms with Crippen LogP contribution in [0.15, 0.2) is 70.0 Å². The predicted molar refractivity (Wildman–Crippen MR) is 138 cm³/mol. The van der Waals surface area contributed by atoms with Gasteiger partial charge in [-0.3, -0.25) is 19.3 Å². The Kier molecular flexibility index (Phi) is 8.07. The van der Waals surface area contributed by atoms with Crippen LogP contribution >= 0.6 is 23.4 Å². The lowest BCUT2D eigenvalue weighted by atomic mass is 10.1. The van der Waals surface area contributed by atoms with E-state index in [0.717, 1.165) is 35.1 Å². The van der Waals surface area contributed by atoms with Crippen molar-refractivity contribution in [3.63, 3.8) is 0 Å². The molecule has 184 valence electrons. The quantitative estimate of drug-likeness (QED) is 0.137. The second kappa shape index (κ2) is 11.4. The summed E-state index contributed by atoms with van der Waals surface area (Å²) in [6.45, 7) is 2.05. The van der Waals surface area contributed by atoms with E-state index in [4.69, 9.17) is 20.8 Å². The molecule has 0 radical (unpaired) electrons. The van der Waals surface area contributed by atoms with E-state index in [0.29, 0.717) is 34.3 Å². The van der Waals surface area contributed by atoms with Crippen molar-refractivity contribution >= 4 is 52.3 Å². The van der Waals surface area contributed by atoms with Crippen LogP contribution in [0, 0.1) is 0 Å². The molecule has 7 nitrogen and oxygen atoms in total. The van der Waals surface area contributed by atoms with E-state index in [9.17, 15) is 19.2 Å². The first kappa shape index (κ1) is 25.5. The fourth-order valence-electron chi connectivity index (χ4n) is 3.38. The number of nitrogens with zero attached hydrogens (tertiary/aromatic N) is 1. The Hall–Kier alpha value is -3.62. The van der Waals surface area contributed by atoms with E-state index < -0.39 is 11.1 Å². The normalized spacial score (nSPS) is 14.5. The van der Waals surface area contributed by atoms with Crippen molar-refractivity contribution in [2.75, 3.05) is 13.2 Å². The number of furan rings is 1. The summed E-state index contributed by atoms with van der Waals surface area (Å²) < 4.78 is 11.0. The van der Waals surface area contributed by atoms with Crippen LogP contribution < -0.4 is 0 Å². The van der Waals surface area contributed by atoms with E-state index in [-0.39, 0.29) is 23.2 Å². The lowest BCUT2D eigenvalue weighted by Gasteiger charge is -2.11. The molecule has 1 aromatic heterocycles. The number of carbonyl (C=O) groups excluding carboxylic acids is 4. The maximum absolute atomic E-state index is 12.8. The van der Waals surface area contributed by atoms with Gasteiger partial charge in [-0.1, -0.05) is 37.1 Å². The van der Waals surface area contributed by atoms with Crippen LogP contribution in [0.1, 0.15) is 46.2 Å². The van der Waals surface area contributed by atoms with Crippen molar-refractivity contribution < 1.29 is 28.3 Å². The minimum atomic E-state index is -0.559. The molecule has 1 fully saturated rings. The first-order chi connectivity index (χ1) is 17.4. The van der Waals surface area contributed by atoms with Crippen molar-refractivity contribution in [3.05, 3.63) is 87.5 Å². The fourth-order valence-corrected chi connectivity index (χ4v) is 4.33. The lowest BCUT2D eigenvalue weighted by Crippen LogP contribution is -2.33. The highest BCUT2D eigenvalue weighted by molar-refractivity contribution is 8.18. The Balaban J connectivity index is 1.42. The lowest BCUT2D eigenvalue weighted by molar-refractivity contribution is -0.122. The minimum Gasteiger partial charge on any atom is -0.462 e. The Labute approximate surface area is 217 Å². The zero-order valence-corrected chi connectivity index (χ0v) is 20.9. The molecule has 0 unspecified atom stereocenters. The van der Waals surface area contributed by atoms with Gasteiger partial charge in [-0.2, -0.15) is 0 Å². The van der Waals surface area contributed by atoms with Gasteiger partial charge in [0.15, 0.2) is 5.78 Å². The Bertz CT molecular complexity index is 1330. The molecule has 0 spiro atoms. The van der Waals surface area contributed by atoms with Crippen molar-refractivity contribution in [2.24, 2.45) is 0 Å². The summed E-state index contributed by atoms with van der Waals surface area (Å²) in [5, 5.41) is -0.0407. The molecule has 9 heteroatoms. The number of hydrogen-bond donors (Lipinski definition) is 0. The second-order valence-electron chi connectivity index (χ2n) is 7.97. The van der Waals surface area contributed by atoms with Crippen molar-refractivity contribution in [1.82, 2.24) is 4.90 Å². The third kappa shape index (κ3) is 5.95. The van der Waals surface area contributed by atoms with Crippen LogP contribution in [0.4, 0.5) is 4.79 Å². The molecule has 0 atom stereocenters. The first-order valence-corrected chi connectivity index (χ1v) is 12.5. The van der Waals surface area contributed by atoms with Gasteiger partial charge in [0.1, 0.15) is 11.5 Å². The molecule has 4 rings (SSSR count). The summed E-state index contributed by atoms with van der Waals surface area (Å²) in [5.74, 6) is -0.392.